The number of allylic oxidation sites excluding steroid dienone is 3. The van der Waals surface area contributed by atoms with E-state index in [1.165, 1.54) is 55.2 Å². The molecule has 0 amide bonds. The number of hydrogen-bond acceptors (Lipinski definition) is 0. The maximum absolute atomic E-state index is 4.30. The Bertz CT molecular complexity index is 303. The Morgan fingerprint density at radius 3 is 1.36 bits per heavy atom. The van der Waals surface area contributed by atoms with E-state index in [1.54, 1.807) is 0 Å². The van der Waals surface area contributed by atoms with Gasteiger partial charge in [0.05, 0.1) is 0 Å². The molecule has 3 rings (SSSR count). The van der Waals surface area contributed by atoms with E-state index in [2.05, 4.69) is 19.7 Å². The summed E-state index contributed by atoms with van der Waals surface area (Å²) in [7, 11) is 0. The van der Waals surface area contributed by atoms with Crippen molar-refractivity contribution >= 4 is 0 Å². The van der Waals surface area contributed by atoms with Crippen molar-refractivity contribution in [2.24, 2.45) is 10.8 Å². The van der Waals surface area contributed by atoms with Gasteiger partial charge in [-0.25, -0.2) is 0 Å². The second-order valence-corrected chi connectivity index (χ2v) is 5.34. The molecule has 0 atom stereocenters. The Balaban J connectivity index is 2.28. The summed E-state index contributed by atoms with van der Waals surface area (Å²) in [5.74, 6) is 0. The van der Waals surface area contributed by atoms with Gasteiger partial charge in [-0.1, -0.05) is 36.5 Å². The zero-order valence-electron chi connectivity index (χ0n) is 8.86. The van der Waals surface area contributed by atoms with Gasteiger partial charge in [0.25, 0.3) is 0 Å². The predicted octanol–water partition coefficient (Wildman–Crippen LogP) is 4.01. The number of rotatable bonds is 0. The fourth-order valence-electron chi connectivity index (χ4n) is 4.55. The first kappa shape index (κ1) is 8.52. The van der Waals surface area contributed by atoms with E-state index in [4.69, 9.17) is 0 Å². The first-order valence-corrected chi connectivity index (χ1v) is 5.68. The molecule has 0 saturated heterocycles. The molecule has 14 heavy (non-hydrogen) atoms. The molecule has 0 N–H and O–H groups in total. The van der Waals surface area contributed by atoms with Crippen LogP contribution < -0.4 is 0 Å². The molecule has 3 aliphatic carbocycles. The van der Waals surface area contributed by atoms with Gasteiger partial charge < -0.3 is 0 Å². The maximum atomic E-state index is 4.30. The minimum Gasteiger partial charge on any atom is -0.0986 e. The molecule has 0 heteroatoms. The van der Waals surface area contributed by atoms with Crippen LogP contribution in [0, 0.1) is 10.8 Å². The molecule has 0 radical (unpaired) electrons. The molecule has 0 nitrogen and oxygen atoms in total. The molecule has 0 aromatic rings. The maximum Gasteiger partial charge on any atom is 0.0379 e. The lowest BCUT2D eigenvalue weighted by Crippen LogP contribution is -2.29. The van der Waals surface area contributed by atoms with Crippen LogP contribution in [0.1, 0.15) is 38.5 Å². The third-order valence-corrected chi connectivity index (χ3v) is 5.10. The molecule has 0 aromatic carbocycles. The topological polar surface area (TPSA) is 0 Å². The largest absolute Gasteiger partial charge is 0.0986 e. The van der Waals surface area contributed by atoms with Gasteiger partial charge in [0, 0.05) is 5.41 Å². The van der Waals surface area contributed by atoms with Gasteiger partial charge in [-0.3, -0.25) is 0 Å². The van der Waals surface area contributed by atoms with E-state index in [9.17, 15) is 0 Å². The Kier molecular flexibility index (Phi) is 1.36. The van der Waals surface area contributed by atoms with Crippen LogP contribution in [0.5, 0.6) is 0 Å². The minimum atomic E-state index is 0.188. The second-order valence-electron chi connectivity index (χ2n) is 5.34. The van der Waals surface area contributed by atoms with Crippen molar-refractivity contribution in [1.82, 2.24) is 0 Å². The zero-order chi connectivity index (χ0) is 9.97. The lowest BCUT2D eigenvalue weighted by Gasteiger charge is -2.36. The SMILES string of the molecule is C=C1CCC23CCC(=C)C12C(=C)CC3. The molecule has 0 spiro atoms. The summed E-state index contributed by atoms with van der Waals surface area (Å²) in [6.07, 6.45) is 7.63. The van der Waals surface area contributed by atoms with E-state index >= 15 is 0 Å². The fraction of sp³-hybridized carbons (Fsp3) is 0.571. The van der Waals surface area contributed by atoms with Gasteiger partial charge in [-0.15, -0.1) is 0 Å². The number of hydrogen-bond donors (Lipinski definition) is 0. The van der Waals surface area contributed by atoms with Crippen molar-refractivity contribution < 1.29 is 0 Å². The minimum absolute atomic E-state index is 0.188. The van der Waals surface area contributed by atoms with Crippen molar-refractivity contribution in [1.29, 1.82) is 0 Å². The first-order chi connectivity index (χ1) is 6.63. The highest BCUT2D eigenvalue weighted by Crippen LogP contribution is 2.75. The quantitative estimate of drug-likeness (QED) is 0.501. The molecule has 0 aromatic heterocycles. The van der Waals surface area contributed by atoms with E-state index in [0.717, 1.165) is 0 Å². The van der Waals surface area contributed by atoms with Crippen molar-refractivity contribution in [3.8, 4) is 0 Å². The van der Waals surface area contributed by atoms with Crippen molar-refractivity contribution in [3.05, 3.63) is 36.5 Å². The molecule has 3 saturated carbocycles. The molecule has 0 heterocycles. The highest BCUT2D eigenvalue weighted by atomic mass is 14.7. The molecule has 0 bridgehead atoms. The van der Waals surface area contributed by atoms with Crippen LogP contribution in [0.3, 0.4) is 0 Å². The summed E-state index contributed by atoms with van der Waals surface area (Å²) >= 11 is 0. The molecule has 3 aliphatic rings. The summed E-state index contributed by atoms with van der Waals surface area (Å²) < 4.78 is 0. The van der Waals surface area contributed by atoms with Crippen LogP contribution in [-0.4, -0.2) is 0 Å². The first-order valence-electron chi connectivity index (χ1n) is 5.68. The summed E-state index contributed by atoms with van der Waals surface area (Å²) in [6, 6.07) is 0. The van der Waals surface area contributed by atoms with Crippen molar-refractivity contribution in [2.45, 2.75) is 38.5 Å². The van der Waals surface area contributed by atoms with Crippen LogP contribution in [0.15, 0.2) is 36.5 Å². The lowest BCUT2D eigenvalue weighted by molar-refractivity contribution is 0.231. The monoisotopic (exact) mass is 186 g/mol. The summed E-state index contributed by atoms with van der Waals surface area (Å²) in [5, 5.41) is 0. The van der Waals surface area contributed by atoms with Gasteiger partial charge in [0.15, 0.2) is 0 Å². The van der Waals surface area contributed by atoms with E-state index in [-0.39, 0.29) is 5.41 Å². The van der Waals surface area contributed by atoms with E-state index < -0.39 is 0 Å². The van der Waals surface area contributed by atoms with E-state index in [0.29, 0.717) is 5.41 Å². The van der Waals surface area contributed by atoms with Gasteiger partial charge >= 0.3 is 0 Å². The average molecular weight is 186 g/mol. The Labute approximate surface area is 86.4 Å². The summed E-state index contributed by atoms with van der Waals surface area (Å²) in [5.41, 5.74) is 4.96. The van der Waals surface area contributed by atoms with Crippen LogP contribution in [0.25, 0.3) is 0 Å². The van der Waals surface area contributed by atoms with E-state index in [1.807, 2.05) is 0 Å². The van der Waals surface area contributed by atoms with Crippen LogP contribution in [-0.2, 0) is 0 Å². The molecule has 74 valence electrons. The molecule has 0 unspecified atom stereocenters. The Morgan fingerprint density at radius 2 is 1.07 bits per heavy atom. The van der Waals surface area contributed by atoms with Crippen LogP contribution in [0.4, 0.5) is 0 Å². The van der Waals surface area contributed by atoms with Crippen molar-refractivity contribution in [3.63, 3.8) is 0 Å². The molecular formula is C14H18. The van der Waals surface area contributed by atoms with Gasteiger partial charge in [-0.05, 0) is 43.9 Å². The third kappa shape index (κ3) is 0.599. The normalized spacial score (nSPS) is 45.9. The summed E-state index contributed by atoms with van der Waals surface area (Å²) in [4.78, 5) is 0. The van der Waals surface area contributed by atoms with Gasteiger partial charge in [0.1, 0.15) is 0 Å². The zero-order valence-corrected chi connectivity index (χ0v) is 8.86. The Morgan fingerprint density at radius 1 is 0.714 bits per heavy atom. The molecule has 0 aliphatic heterocycles. The average Bonchev–Trinajstić information content (AvgIpc) is 2.71. The highest BCUT2D eigenvalue weighted by molar-refractivity contribution is 5.51. The van der Waals surface area contributed by atoms with Crippen LogP contribution >= 0.6 is 0 Å². The fourth-order valence-corrected chi connectivity index (χ4v) is 4.55. The Hall–Kier alpha value is -0.780. The second kappa shape index (κ2) is 2.24. The van der Waals surface area contributed by atoms with Crippen LogP contribution in [0.2, 0.25) is 0 Å². The lowest BCUT2D eigenvalue weighted by atomic mass is 9.66. The third-order valence-electron chi connectivity index (χ3n) is 5.10. The van der Waals surface area contributed by atoms with Gasteiger partial charge in [-0.2, -0.15) is 0 Å². The molecular weight excluding hydrogens is 168 g/mol. The smallest absolute Gasteiger partial charge is 0.0379 e. The van der Waals surface area contributed by atoms with Gasteiger partial charge in [0.2, 0.25) is 0 Å². The van der Waals surface area contributed by atoms with Crippen molar-refractivity contribution in [2.75, 3.05) is 0 Å². The highest BCUT2D eigenvalue weighted by Gasteiger charge is 2.65. The standard InChI is InChI=1S/C14H18/c1-10-4-7-13-8-5-11(2)14(10,13)12(3)6-9-13/h1-9H2. The summed E-state index contributed by atoms with van der Waals surface area (Å²) in [6.45, 7) is 12.9. The predicted molar refractivity (Wildman–Crippen MR) is 60.0 cm³/mol. The molecule has 3 fully saturated rings.